The van der Waals surface area contributed by atoms with Crippen molar-refractivity contribution in [2.45, 2.75) is 26.3 Å². The normalized spacial score (nSPS) is 10.7. The van der Waals surface area contributed by atoms with Gasteiger partial charge < -0.3 is 5.73 Å². The summed E-state index contributed by atoms with van der Waals surface area (Å²) in [6, 6.07) is 4.36. The molecule has 0 amide bonds. The molecule has 12 heavy (non-hydrogen) atoms. The predicted octanol–water partition coefficient (Wildman–Crippen LogP) is 0.339. The van der Waals surface area contributed by atoms with E-state index in [2.05, 4.69) is 48.7 Å². The molecule has 0 saturated heterocycles. The van der Waals surface area contributed by atoms with Crippen LogP contribution >= 0.6 is 0 Å². The second-order valence-corrected chi connectivity index (χ2v) is 3.38. The minimum absolute atomic E-state index is 0.624. The molecule has 0 aliphatic heterocycles. The van der Waals surface area contributed by atoms with Gasteiger partial charge in [0.1, 0.15) is 6.54 Å². The number of hydrogen-bond acceptors (Lipinski definition) is 0. The van der Waals surface area contributed by atoms with Crippen molar-refractivity contribution in [3.05, 3.63) is 30.1 Å². The highest BCUT2D eigenvalue weighted by Gasteiger charge is 2.02. The molecule has 3 N–H and O–H groups in total. The molecule has 0 aliphatic carbocycles. The number of aromatic nitrogens is 1. The summed E-state index contributed by atoms with van der Waals surface area (Å²) in [5, 5.41) is 0. The van der Waals surface area contributed by atoms with Gasteiger partial charge in [0.2, 0.25) is 0 Å². The molecule has 2 heteroatoms. The number of hydrogen-bond donors (Lipinski definition) is 1. The number of quaternary nitrogens is 1. The van der Waals surface area contributed by atoms with Crippen molar-refractivity contribution >= 4 is 0 Å². The van der Waals surface area contributed by atoms with Crippen LogP contribution in [-0.2, 0) is 6.54 Å². The van der Waals surface area contributed by atoms with Gasteiger partial charge in [-0.2, -0.15) is 4.57 Å². The Balaban J connectivity index is 2.71. The molecule has 0 atom stereocenters. The van der Waals surface area contributed by atoms with E-state index in [-0.39, 0.29) is 0 Å². The minimum Gasteiger partial charge on any atom is -0.352 e. The zero-order valence-corrected chi connectivity index (χ0v) is 7.96. The molecule has 1 rings (SSSR count). The predicted molar refractivity (Wildman–Crippen MR) is 48.5 cm³/mol. The Hall–Kier alpha value is -0.890. The number of rotatable bonds is 3. The van der Waals surface area contributed by atoms with Crippen LogP contribution in [-0.4, -0.2) is 6.54 Å². The van der Waals surface area contributed by atoms with Gasteiger partial charge in [0.15, 0.2) is 18.9 Å². The molecule has 1 aromatic heterocycles. The lowest BCUT2D eigenvalue weighted by Crippen LogP contribution is -2.56. The first-order chi connectivity index (χ1) is 5.74. The average Bonchev–Trinajstić information content (AvgIpc) is 2.06. The van der Waals surface area contributed by atoms with Crippen molar-refractivity contribution in [2.24, 2.45) is 0 Å². The van der Waals surface area contributed by atoms with Crippen LogP contribution in [0.5, 0.6) is 0 Å². The molecular weight excluding hydrogens is 148 g/mol. The van der Waals surface area contributed by atoms with Gasteiger partial charge in [0, 0.05) is 12.1 Å². The SMILES string of the molecule is CC(C)c1cc[n+](CC[NH3+])cc1. The van der Waals surface area contributed by atoms with Crippen molar-refractivity contribution in [1.29, 1.82) is 0 Å². The summed E-state index contributed by atoms with van der Waals surface area (Å²) in [5.74, 6) is 0.624. The third kappa shape index (κ3) is 2.31. The van der Waals surface area contributed by atoms with Crippen LogP contribution in [0.1, 0.15) is 25.3 Å². The molecule has 0 aromatic carbocycles. The monoisotopic (exact) mass is 166 g/mol. The number of nitrogens with zero attached hydrogens (tertiary/aromatic N) is 1. The summed E-state index contributed by atoms with van der Waals surface area (Å²) in [6.45, 7) is 6.38. The largest absolute Gasteiger partial charge is 0.352 e. The van der Waals surface area contributed by atoms with E-state index in [1.54, 1.807) is 0 Å². The van der Waals surface area contributed by atoms with E-state index >= 15 is 0 Å². The molecule has 0 unspecified atom stereocenters. The Kier molecular flexibility index (Phi) is 3.23. The molecule has 0 aliphatic rings. The summed E-state index contributed by atoms with van der Waals surface area (Å²) in [7, 11) is 0. The van der Waals surface area contributed by atoms with Crippen molar-refractivity contribution < 1.29 is 10.3 Å². The zero-order chi connectivity index (χ0) is 8.97. The molecule has 0 spiro atoms. The zero-order valence-electron chi connectivity index (χ0n) is 7.96. The number of pyridine rings is 1. The maximum atomic E-state index is 3.82. The molecule has 0 fully saturated rings. The van der Waals surface area contributed by atoms with E-state index < -0.39 is 0 Å². The molecule has 0 radical (unpaired) electrons. The van der Waals surface area contributed by atoms with Gasteiger partial charge >= 0.3 is 0 Å². The summed E-state index contributed by atoms with van der Waals surface area (Å²) >= 11 is 0. The molecule has 1 heterocycles. The van der Waals surface area contributed by atoms with Gasteiger partial charge in [-0.3, -0.25) is 0 Å². The highest BCUT2D eigenvalue weighted by Crippen LogP contribution is 2.10. The van der Waals surface area contributed by atoms with Crippen LogP contribution in [0.15, 0.2) is 24.5 Å². The second kappa shape index (κ2) is 4.21. The fraction of sp³-hybridized carbons (Fsp3) is 0.500. The Bertz CT molecular complexity index is 226. The Morgan fingerprint density at radius 3 is 2.33 bits per heavy atom. The summed E-state index contributed by atoms with van der Waals surface area (Å²) in [4.78, 5) is 0. The fourth-order valence-corrected chi connectivity index (χ4v) is 1.19. The lowest BCUT2D eigenvalue weighted by atomic mass is 10.1. The molecule has 0 saturated carbocycles. The summed E-state index contributed by atoms with van der Waals surface area (Å²) in [5.41, 5.74) is 5.22. The van der Waals surface area contributed by atoms with E-state index in [9.17, 15) is 0 Å². The van der Waals surface area contributed by atoms with Crippen LogP contribution in [0.4, 0.5) is 0 Å². The van der Waals surface area contributed by atoms with Crippen molar-refractivity contribution in [3.63, 3.8) is 0 Å². The minimum atomic E-state index is 0.624. The van der Waals surface area contributed by atoms with E-state index in [1.807, 2.05) is 0 Å². The first-order valence-electron chi connectivity index (χ1n) is 4.52. The maximum Gasteiger partial charge on any atom is 0.196 e. The van der Waals surface area contributed by atoms with E-state index in [0.717, 1.165) is 13.1 Å². The molecule has 0 bridgehead atoms. The summed E-state index contributed by atoms with van der Waals surface area (Å²) in [6.07, 6.45) is 4.25. The van der Waals surface area contributed by atoms with Gasteiger partial charge in [-0.05, 0) is 11.5 Å². The Morgan fingerprint density at radius 2 is 1.92 bits per heavy atom. The topological polar surface area (TPSA) is 31.5 Å². The van der Waals surface area contributed by atoms with Crippen molar-refractivity contribution in [2.75, 3.05) is 6.54 Å². The van der Waals surface area contributed by atoms with Crippen LogP contribution in [0.25, 0.3) is 0 Å². The van der Waals surface area contributed by atoms with Gasteiger partial charge in [-0.15, -0.1) is 0 Å². The van der Waals surface area contributed by atoms with Crippen molar-refractivity contribution in [1.82, 2.24) is 0 Å². The lowest BCUT2D eigenvalue weighted by Gasteiger charge is -2.02. The molecule has 2 nitrogen and oxygen atoms in total. The van der Waals surface area contributed by atoms with Crippen LogP contribution in [0.3, 0.4) is 0 Å². The third-order valence-electron chi connectivity index (χ3n) is 2.00. The van der Waals surface area contributed by atoms with Gasteiger partial charge in [0.05, 0.1) is 0 Å². The van der Waals surface area contributed by atoms with Crippen LogP contribution in [0, 0.1) is 0 Å². The van der Waals surface area contributed by atoms with Gasteiger partial charge in [-0.25, -0.2) is 0 Å². The smallest absolute Gasteiger partial charge is 0.196 e. The highest BCUT2D eigenvalue weighted by atomic mass is 14.9. The third-order valence-corrected chi connectivity index (χ3v) is 2.00. The van der Waals surface area contributed by atoms with Crippen LogP contribution < -0.4 is 10.3 Å². The standard InChI is InChI=1S/C10H17N2/c1-9(2)10-3-6-12(7-4-10)8-5-11/h3-4,6-7,9H,5,8,11H2,1-2H3/q+1/p+1. The van der Waals surface area contributed by atoms with Crippen LogP contribution in [0.2, 0.25) is 0 Å². The molecule has 66 valence electrons. The van der Waals surface area contributed by atoms with E-state index in [4.69, 9.17) is 0 Å². The Morgan fingerprint density at radius 1 is 1.33 bits per heavy atom. The maximum absolute atomic E-state index is 3.82. The van der Waals surface area contributed by atoms with Gasteiger partial charge in [0.25, 0.3) is 0 Å². The fourth-order valence-electron chi connectivity index (χ4n) is 1.19. The highest BCUT2D eigenvalue weighted by molar-refractivity contribution is 5.11. The van der Waals surface area contributed by atoms with E-state index in [1.165, 1.54) is 5.56 Å². The Labute approximate surface area is 74.0 Å². The quantitative estimate of drug-likeness (QED) is 0.628. The van der Waals surface area contributed by atoms with Crippen molar-refractivity contribution in [3.8, 4) is 0 Å². The molecular formula is C10H18N2+2. The average molecular weight is 166 g/mol. The first kappa shape index (κ1) is 9.20. The lowest BCUT2D eigenvalue weighted by molar-refractivity contribution is -0.711. The van der Waals surface area contributed by atoms with E-state index in [0.29, 0.717) is 5.92 Å². The summed E-state index contributed by atoms with van der Waals surface area (Å²) < 4.78 is 2.17. The second-order valence-electron chi connectivity index (χ2n) is 3.38. The first-order valence-corrected chi connectivity index (χ1v) is 4.52. The molecule has 1 aromatic rings. The van der Waals surface area contributed by atoms with Gasteiger partial charge in [-0.1, -0.05) is 13.8 Å².